The van der Waals surface area contributed by atoms with Crippen LogP contribution in [0.3, 0.4) is 0 Å². The van der Waals surface area contributed by atoms with Crippen molar-refractivity contribution < 1.29 is 31.8 Å². The van der Waals surface area contributed by atoms with E-state index >= 15 is 0 Å². The molecule has 0 aromatic heterocycles. The molecule has 2 aromatic rings. The number of amides is 2. The minimum absolute atomic E-state index is 0.140. The molecule has 28 heavy (non-hydrogen) atoms. The molecule has 0 spiro atoms. The van der Waals surface area contributed by atoms with Gasteiger partial charge in [-0.15, -0.1) is 0 Å². The number of halogens is 4. The van der Waals surface area contributed by atoms with Crippen LogP contribution in [0.2, 0.25) is 0 Å². The zero-order valence-corrected chi connectivity index (χ0v) is 14.5. The second-order valence-electron chi connectivity index (χ2n) is 5.51. The van der Waals surface area contributed by atoms with Gasteiger partial charge in [0, 0.05) is 19.7 Å². The summed E-state index contributed by atoms with van der Waals surface area (Å²) in [5.74, 6) is -0.914. The Kier molecular flexibility index (Phi) is 7.03. The molecule has 1 N–H and O–H groups in total. The molecular formula is C18H15F4N3O3. The van der Waals surface area contributed by atoms with E-state index < -0.39 is 30.8 Å². The summed E-state index contributed by atoms with van der Waals surface area (Å²) in [6.07, 6.45) is 0. The Morgan fingerprint density at radius 1 is 1.11 bits per heavy atom. The molecular weight excluding hydrogens is 382 g/mol. The Morgan fingerprint density at radius 2 is 1.75 bits per heavy atom. The summed E-state index contributed by atoms with van der Waals surface area (Å²) < 4.78 is 58.1. The van der Waals surface area contributed by atoms with Gasteiger partial charge < -0.3 is 19.7 Å². The number of alkyl halides is 4. The largest absolute Gasteiger partial charge is 0.435 e. The number of hydrogen-bond donors (Lipinski definition) is 1. The number of ether oxygens (including phenoxy) is 2. The van der Waals surface area contributed by atoms with Crippen LogP contribution in [0.25, 0.3) is 0 Å². The van der Waals surface area contributed by atoms with E-state index in [4.69, 9.17) is 5.26 Å². The Morgan fingerprint density at radius 3 is 2.32 bits per heavy atom. The highest BCUT2D eigenvalue weighted by atomic mass is 19.3. The lowest BCUT2D eigenvalue weighted by Crippen LogP contribution is -2.31. The molecule has 0 aliphatic carbocycles. The van der Waals surface area contributed by atoms with Crippen LogP contribution >= 0.6 is 0 Å². The van der Waals surface area contributed by atoms with E-state index in [-0.39, 0.29) is 12.2 Å². The van der Waals surface area contributed by atoms with Gasteiger partial charge in [0.15, 0.2) is 5.75 Å². The van der Waals surface area contributed by atoms with Crippen molar-refractivity contribution >= 4 is 11.7 Å². The molecule has 2 amide bonds. The van der Waals surface area contributed by atoms with Crippen molar-refractivity contribution in [2.45, 2.75) is 19.8 Å². The summed E-state index contributed by atoms with van der Waals surface area (Å²) in [5.41, 5.74) is 1.07. The van der Waals surface area contributed by atoms with Crippen molar-refractivity contribution in [1.82, 2.24) is 4.90 Å². The number of rotatable bonds is 7. The molecule has 10 heteroatoms. The molecule has 0 aliphatic heterocycles. The lowest BCUT2D eigenvalue weighted by molar-refractivity contribution is -0.0539. The van der Waals surface area contributed by atoms with Crippen molar-refractivity contribution in [3.8, 4) is 17.6 Å². The van der Waals surface area contributed by atoms with Crippen molar-refractivity contribution in [1.29, 1.82) is 5.26 Å². The second kappa shape index (κ2) is 9.45. The molecule has 0 bridgehead atoms. The van der Waals surface area contributed by atoms with E-state index in [1.54, 1.807) is 24.3 Å². The molecule has 0 saturated heterocycles. The summed E-state index contributed by atoms with van der Waals surface area (Å²) in [4.78, 5) is 13.6. The monoisotopic (exact) mass is 397 g/mol. The Bertz CT molecular complexity index is 854. The van der Waals surface area contributed by atoms with E-state index in [1.165, 1.54) is 11.9 Å². The van der Waals surface area contributed by atoms with Crippen molar-refractivity contribution in [3.63, 3.8) is 0 Å². The number of carbonyl (C=O) groups excluding carboxylic acids is 1. The SMILES string of the molecule is CN(Cc1ccc(C#N)cc1)C(=O)Nc1ccc(OC(F)F)cc1OC(F)F. The van der Waals surface area contributed by atoms with Crippen LogP contribution in [0, 0.1) is 11.3 Å². The number of benzene rings is 2. The fourth-order valence-corrected chi connectivity index (χ4v) is 2.22. The highest BCUT2D eigenvalue weighted by Gasteiger charge is 2.17. The Labute approximate surface area is 157 Å². The number of urea groups is 1. The van der Waals surface area contributed by atoms with E-state index in [0.29, 0.717) is 5.56 Å². The lowest BCUT2D eigenvalue weighted by atomic mass is 10.1. The first-order valence-electron chi connectivity index (χ1n) is 7.83. The lowest BCUT2D eigenvalue weighted by Gasteiger charge is -2.20. The maximum atomic E-state index is 12.6. The number of carbonyl (C=O) groups is 1. The minimum Gasteiger partial charge on any atom is -0.435 e. The van der Waals surface area contributed by atoms with Gasteiger partial charge in [-0.05, 0) is 29.8 Å². The van der Waals surface area contributed by atoms with Gasteiger partial charge in [0.1, 0.15) is 5.75 Å². The summed E-state index contributed by atoms with van der Waals surface area (Å²) >= 11 is 0. The second-order valence-corrected chi connectivity index (χ2v) is 5.51. The fourth-order valence-electron chi connectivity index (χ4n) is 2.22. The number of hydrogen-bond acceptors (Lipinski definition) is 4. The molecule has 0 unspecified atom stereocenters. The molecule has 0 aliphatic rings. The third-order valence-corrected chi connectivity index (χ3v) is 3.49. The first-order valence-corrected chi connectivity index (χ1v) is 7.83. The summed E-state index contributed by atoms with van der Waals surface area (Å²) in [5, 5.41) is 11.2. The van der Waals surface area contributed by atoms with Crippen molar-refractivity contribution in [2.75, 3.05) is 12.4 Å². The zero-order valence-electron chi connectivity index (χ0n) is 14.5. The van der Waals surface area contributed by atoms with Gasteiger partial charge in [0.2, 0.25) is 0 Å². The van der Waals surface area contributed by atoms with Crippen LogP contribution in [-0.2, 0) is 6.54 Å². The quantitative estimate of drug-likeness (QED) is 0.702. The van der Waals surface area contributed by atoms with Crippen LogP contribution in [0.4, 0.5) is 28.0 Å². The van der Waals surface area contributed by atoms with Gasteiger partial charge in [-0.1, -0.05) is 12.1 Å². The van der Waals surface area contributed by atoms with Gasteiger partial charge in [-0.3, -0.25) is 0 Å². The summed E-state index contributed by atoms with van der Waals surface area (Å²) in [7, 11) is 1.47. The van der Waals surface area contributed by atoms with Crippen LogP contribution < -0.4 is 14.8 Å². The van der Waals surface area contributed by atoms with Crippen molar-refractivity contribution in [2.24, 2.45) is 0 Å². The van der Waals surface area contributed by atoms with Gasteiger partial charge in [-0.25, -0.2) is 4.79 Å². The minimum atomic E-state index is -3.23. The average Bonchev–Trinajstić information content (AvgIpc) is 2.63. The smallest absolute Gasteiger partial charge is 0.387 e. The molecule has 0 radical (unpaired) electrons. The first kappa shape index (κ1) is 20.8. The van der Waals surface area contributed by atoms with Gasteiger partial charge >= 0.3 is 19.3 Å². The standard InChI is InChI=1S/C18H15F4N3O3/c1-25(10-12-4-2-11(9-23)3-5-12)18(26)24-14-7-6-13(27-16(19)20)8-15(14)28-17(21)22/h2-8,16-17H,10H2,1H3,(H,24,26). The normalized spacial score (nSPS) is 10.5. The van der Waals surface area contributed by atoms with Gasteiger partial charge in [0.25, 0.3) is 0 Å². The summed E-state index contributed by atoms with van der Waals surface area (Å²) in [6, 6.07) is 10.9. The van der Waals surface area contributed by atoms with Crippen LogP contribution in [0.15, 0.2) is 42.5 Å². The van der Waals surface area contributed by atoms with E-state index in [1.807, 2.05) is 6.07 Å². The Hall–Kier alpha value is -3.48. The van der Waals surface area contributed by atoms with E-state index in [9.17, 15) is 22.4 Å². The highest BCUT2D eigenvalue weighted by Crippen LogP contribution is 2.31. The fraction of sp³-hybridized carbons (Fsp3) is 0.222. The zero-order chi connectivity index (χ0) is 20.7. The highest BCUT2D eigenvalue weighted by molar-refractivity contribution is 5.91. The molecule has 0 fully saturated rings. The van der Waals surface area contributed by atoms with Crippen LogP contribution in [-0.4, -0.2) is 31.2 Å². The number of nitrogens with one attached hydrogen (secondary N) is 1. The van der Waals surface area contributed by atoms with E-state index in [0.717, 1.165) is 23.8 Å². The predicted molar refractivity (Wildman–Crippen MR) is 91.3 cm³/mol. The summed E-state index contributed by atoms with van der Waals surface area (Å²) in [6.45, 7) is -6.19. The number of nitrogens with zero attached hydrogens (tertiary/aromatic N) is 2. The maximum absolute atomic E-state index is 12.6. The molecule has 0 heterocycles. The Balaban J connectivity index is 2.10. The average molecular weight is 397 g/mol. The molecule has 0 atom stereocenters. The van der Waals surface area contributed by atoms with Crippen molar-refractivity contribution in [3.05, 3.63) is 53.6 Å². The molecule has 148 valence electrons. The molecule has 2 aromatic carbocycles. The van der Waals surface area contributed by atoms with Gasteiger partial charge in [-0.2, -0.15) is 22.8 Å². The van der Waals surface area contributed by atoms with Crippen LogP contribution in [0.5, 0.6) is 11.5 Å². The van der Waals surface area contributed by atoms with Gasteiger partial charge in [0.05, 0.1) is 17.3 Å². The third-order valence-electron chi connectivity index (χ3n) is 3.49. The number of anilines is 1. The number of nitriles is 1. The molecule has 2 rings (SSSR count). The molecule has 6 nitrogen and oxygen atoms in total. The topological polar surface area (TPSA) is 74.6 Å². The third kappa shape index (κ3) is 6.05. The van der Waals surface area contributed by atoms with E-state index in [2.05, 4.69) is 14.8 Å². The van der Waals surface area contributed by atoms with Crippen LogP contribution in [0.1, 0.15) is 11.1 Å². The first-order chi connectivity index (χ1) is 13.3. The molecule has 0 saturated carbocycles. The predicted octanol–water partition coefficient (Wildman–Crippen LogP) is 4.42. The maximum Gasteiger partial charge on any atom is 0.387 e.